The molecule has 0 spiro atoms. The lowest BCUT2D eigenvalue weighted by molar-refractivity contribution is -0.144. The monoisotopic (exact) mass is 538 g/mol. The maximum Gasteiger partial charge on any atom is 0.326 e. The molecule has 38 heavy (non-hydrogen) atoms. The quantitative estimate of drug-likeness (QED) is 0.129. The van der Waals surface area contributed by atoms with E-state index in [1.807, 2.05) is 5.32 Å². The second-order valence-electron chi connectivity index (χ2n) is 9.16. The standard InChI is InChI=1S/C24H34N4O10/c1-12(2)9-17(27-21(34)15(25)10-13-3-5-14(29)6-4-13)22(35)28-18(11-20(32)33)23(36)26-16(24(37)38)7-8-19(30)31/h3-6,12,15-18,29H,7-11,25H2,1-2H3,(H,26,36)(H,27,34)(H,28,35)(H,30,31)(H,32,33)(H,37,38). The topological polar surface area (TPSA) is 245 Å². The zero-order valence-corrected chi connectivity index (χ0v) is 21.0. The molecule has 0 aliphatic rings. The van der Waals surface area contributed by atoms with Crippen molar-refractivity contribution in [2.45, 2.75) is 70.1 Å². The molecule has 14 nitrogen and oxygen atoms in total. The van der Waals surface area contributed by atoms with Gasteiger partial charge in [-0.1, -0.05) is 26.0 Å². The number of rotatable bonds is 16. The minimum atomic E-state index is -1.70. The van der Waals surface area contributed by atoms with E-state index in [1.54, 1.807) is 26.0 Å². The Balaban J connectivity index is 2.97. The molecule has 3 amide bonds. The lowest BCUT2D eigenvalue weighted by Crippen LogP contribution is -2.57. The molecule has 0 radical (unpaired) electrons. The van der Waals surface area contributed by atoms with Crippen LogP contribution in [-0.4, -0.2) is 80.2 Å². The molecule has 0 heterocycles. The van der Waals surface area contributed by atoms with Crippen molar-refractivity contribution in [2.75, 3.05) is 0 Å². The van der Waals surface area contributed by atoms with E-state index >= 15 is 0 Å². The summed E-state index contributed by atoms with van der Waals surface area (Å²) in [5.74, 6) is -7.08. The lowest BCUT2D eigenvalue weighted by atomic mass is 10.0. The van der Waals surface area contributed by atoms with Gasteiger partial charge in [0.1, 0.15) is 23.9 Å². The number of benzene rings is 1. The molecule has 0 bridgehead atoms. The average Bonchev–Trinajstić information content (AvgIpc) is 2.81. The Morgan fingerprint density at radius 2 is 1.32 bits per heavy atom. The molecule has 4 atom stereocenters. The van der Waals surface area contributed by atoms with Crippen molar-refractivity contribution in [1.82, 2.24) is 16.0 Å². The number of phenolic OH excluding ortho intramolecular Hbond substituents is 1. The van der Waals surface area contributed by atoms with Gasteiger partial charge in [0, 0.05) is 6.42 Å². The summed E-state index contributed by atoms with van der Waals surface area (Å²) in [6.45, 7) is 3.54. The van der Waals surface area contributed by atoms with E-state index in [0.29, 0.717) is 5.56 Å². The summed E-state index contributed by atoms with van der Waals surface area (Å²) in [5, 5.41) is 43.4. The Labute approximate surface area is 218 Å². The Bertz CT molecular complexity index is 1010. The van der Waals surface area contributed by atoms with Crippen LogP contribution in [0.15, 0.2) is 24.3 Å². The molecule has 4 unspecified atom stereocenters. The van der Waals surface area contributed by atoms with Gasteiger partial charge in [-0.05, 0) is 42.9 Å². The minimum Gasteiger partial charge on any atom is -0.508 e. The van der Waals surface area contributed by atoms with Crippen molar-refractivity contribution in [3.63, 3.8) is 0 Å². The number of aliphatic carboxylic acids is 3. The van der Waals surface area contributed by atoms with Gasteiger partial charge in [0.15, 0.2) is 0 Å². The number of carboxylic acids is 3. The summed E-state index contributed by atoms with van der Waals surface area (Å²) in [5.41, 5.74) is 6.63. The number of hydrogen-bond donors (Lipinski definition) is 8. The highest BCUT2D eigenvalue weighted by molar-refractivity contribution is 5.95. The molecule has 0 saturated heterocycles. The summed E-state index contributed by atoms with van der Waals surface area (Å²) < 4.78 is 0. The number of amides is 3. The summed E-state index contributed by atoms with van der Waals surface area (Å²) in [6, 6.07) is 0.427. The van der Waals surface area contributed by atoms with Crippen molar-refractivity contribution in [3.8, 4) is 5.75 Å². The predicted octanol–water partition coefficient (Wildman–Crippen LogP) is -0.813. The van der Waals surface area contributed by atoms with Crippen LogP contribution in [0.1, 0.15) is 45.1 Å². The van der Waals surface area contributed by atoms with E-state index in [0.717, 1.165) is 0 Å². The fourth-order valence-electron chi connectivity index (χ4n) is 3.41. The molecular formula is C24H34N4O10. The van der Waals surface area contributed by atoms with Crippen LogP contribution in [0.2, 0.25) is 0 Å². The smallest absolute Gasteiger partial charge is 0.326 e. The maximum absolute atomic E-state index is 13.0. The van der Waals surface area contributed by atoms with E-state index < -0.39 is 79.1 Å². The Morgan fingerprint density at radius 3 is 1.82 bits per heavy atom. The number of nitrogens with one attached hydrogen (secondary N) is 3. The third-order valence-electron chi connectivity index (χ3n) is 5.34. The van der Waals surface area contributed by atoms with E-state index in [1.165, 1.54) is 12.1 Å². The van der Waals surface area contributed by atoms with E-state index in [9.17, 15) is 44.1 Å². The van der Waals surface area contributed by atoms with Crippen molar-refractivity contribution in [3.05, 3.63) is 29.8 Å². The fourth-order valence-corrected chi connectivity index (χ4v) is 3.41. The highest BCUT2D eigenvalue weighted by atomic mass is 16.4. The van der Waals surface area contributed by atoms with Crippen molar-refractivity contribution in [1.29, 1.82) is 0 Å². The van der Waals surface area contributed by atoms with Gasteiger partial charge in [0.2, 0.25) is 17.7 Å². The zero-order chi connectivity index (χ0) is 29.0. The Hall–Kier alpha value is -4.20. The van der Waals surface area contributed by atoms with E-state index in [4.69, 9.17) is 10.8 Å². The number of aromatic hydroxyl groups is 1. The molecule has 0 saturated carbocycles. The Morgan fingerprint density at radius 1 is 0.789 bits per heavy atom. The number of carbonyl (C=O) groups is 6. The molecule has 210 valence electrons. The third-order valence-corrected chi connectivity index (χ3v) is 5.34. The molecule has 9 N–H and O–H groups in total. The first kappa shape index (κ1) is 31.8. The highest BCUT2D eigenvalue weighted by Gasteiger charge is 2.32. The molecule has 1 rings (SSSR count). The maximum atomic E-state index is 13.0. The van der Waals surface area contributed by atoms with Gasteiger partial charge < -0.3 is 42.1 Å². The molecule has 14 heteroatoms. The van der Waals surface area contributed by atoms with E-state index in [2.05, 4.69) is 10.6 Å². The first-order chi connectivity index (χ1) is 17.7. The SMILES string of the molecule is CC(C)CC(NC(=O)C(N)Cc1ccc(O)cc1)C(=O)NC(CC(=O)O)C(=O)NC(CCC(=O)O)C(=O)O. The average molecular weight is 539 g/mol. The molecule has 0 aliphatic heterocycles. The van der Waals surface area contributed by atoms with Gasteiger partial charge in [0.25, 0.3) is 0 Å². The fraction of sp³-hybridized carbons (Fsp3) is 0.500. The van der Waals surface area contributed by atoms with Crippen LogP contribution in [0.25, 0.3) is 0 Å². The van der Waals surface area contributed by atoms with Gasteiger partial charge in [-0.2, -0.15) is 0 Å². The molecular weight excluding hydrogens is 504 g/mol. The van der Waals surface area contributed by atoms with Gasteiger partial charge in [-0.15, -0.1) is 0 Å². The van der Waals surface area contributed by atoms with Crippen molar-refractivity contribution < 1.29 is 49.2 Å². The second-order valence-corrected chi connectivity index (χ2v) is 9.16. The van der Waals surface area contributed by atoms with Crippen molar-refractivity contribution >= 4 is 35.6 Å². The first-order valence-electron chi connectivity index (χ1n) is 11.8. The molecule has 1 aromatic rings. The van der Waals surface area contributed by atoms with E-state index in [-0.39, 0.29) is 24.5 Å². The summed E-state index contributed by atoms with van der Waals surface area (Å²) >= 11 is 0. The minimum absolute atomic E-state index is 0.0388. The largest absolute Gasteiger partial charge is 0.508 e. The number of carboxylic acid groups (broad SMARTS) is 3. The number of nitrogens with two attached hydrogens (primary N) is 1. The molecule has 0 aromatic heterocycles. The number of carbonyl (C=O) groups excluding carboxylic acids is 3. The van der Waals surface area contributed by atoms with Crippen LogP contribution in [0, 0.1) is 5.92 Å². The van der Waals surface area contributed by atoms with Crippen LogP contribution in [0.3, 0.4) is 0 Å². The third kappa shape index (κ3) is 11.7. The van der Waals surface area contributed by atoms with Gasteiger partial charge in [0.05, 0.1) is 12.5 Å². The highest BCUT2D eigenvalue weighted by Crippen LogP contribution is 2.12. The van der Waals surface area contributed by atoms with Crippen LogP contribution >= 0.6 is 0 Å². The van der Waals surface area contributed by atoms with Gasteiger partial charge in [-0.3, -0.25) is 24.0 Å². The first-order valence-corrected chi connectivity index (χ1v) is 11.8. The number of phenols is 1. The normalized spacial score (nSPS) is 14.0. The summed E-state index contributed by atoms with van der Waals surface area (Å²) in [6.07, 6.45) is -1.72. The number of hydrogen-bond acceptors (Lipinski definition) is 8. The van der Waals surface area contributed by atoms with Crippen molar-refractivity contribution in [2.24, 2.45) is 11.7 Å². The summed E-state index contributed by atoms with van der Waals surface area (Å²) in [4.78, 5) is 71.8. The van der Waals surface area contributed by atoms with Gasteiger partial charge >= 0.3 is 17.9 Å². The van der Waals surface area contributed by atoms with Crippen LogP contribution in [0.4, 0.5) is 0 Å². The molecule has 0 fully saturated rings. The molecule has 0 aliphatic carbocycles. The zero-order valence-electron chi connectivity index (χ0n) is 21.0. The molecule has 1 aromatic carbocycles. The lowest BCUT2D eigenvalue weighted by Gasteiger charge is -2.25. The predicted molar refractivity (Wildman–Crippen MR) is 132 cm³/mol. The van der Waals surface area contributed by atoms with Gasteiger partial charge in [-0.25, -0.2) is 4.79 Å². The van der Waals surface area contributed by atoms with Crippen LogP contribution < -0.4 is 21.7 Å². The summed E-state index contributed by atoms with van der Waals surface area (Å²) in [7, 11) is 0. The van der Waals surface area contributed by atoms with Crippen LogP contribution in [-0.2, 0) is 35.2 Å². The van der Waals surface area contributed by atoms with Crippen LogP contribution in [0.5, 0.6) is 5.75 Å². The Kier molecular flexibility index (Phi) is 12.7. The second kappa shape index (κ2) is 15.1.